The molecule has 2 aromatic heterocycles. The minimum Gasteiger partial charge on any atom is -0.480 e. The van der Waals surface area contributed by atoms with E-state index in [1.165, 1.54) is 0 Å². The molecule has 2 heterocycles. The predicted molar refractivity (Wildman–Crippen MR) is 83.8 cm³/mol. The Morgan fingerprint density at radius 1 is 1.26 bits per heavy atom. The molecule has 0 bridgehead atoms. The van der Waals surface area contributed by atoms with Crippen molar-refractivity contribution >= 4 is 11.9 Å². The summed E-state index contributed by atoms with van der Waals surface area (Å²) in [5, 5.41) is 15.7. The Labute approximate surface area is 134 Å². The summed E-state index contributed by atoms with van der Waals surface area (Å²) in [6.07, 6.45) is 0. The highest BCUT2D eigenvalue weighted by Gasteiger charge is 2.26. The molecule has 0 aromatic carbocycles. The molecule has 2 rings (SSSR count). The van der Waals surface area contributed by atoms with Crippen LogP contribution in [0.5, 0.6) is 0 Å². The van der Waals surface area contributed by atoms with Crippen molar-refractivity contribution < 1.29 is 19.2 Å². The highest BCUT2D eigenvalue weighted by molar-refractivity contribution is 5.98. The van der Waals surface area contributed by atoms with E-state index in [4.69, 9.17) is 4.52 Å². The number of carboxylic acids is 1. The zero-order valence-electron chi connectivity index (χ0n) is 13.9. The average Bonchev–Trinajstić information content (AvgIpc) is 2.98. The molecule has 2 N–H and O–H groups in total. The van der Waals surface area contributed by atoms with Crippen molar-refractivity contribution in [2.45, 2.75) is 40.7 Å². The monoisotopic (exact) mass is 319 g/mol. The lowest BCUT2D eigenvalue weighted by Gasteiger charge is -2.17. The fourth-order valence-electron chi connectivity index (χ4n) is 2.54. The molecular formula is C16H21N3O4. The fourth-order valence-corrected chi connectivity index (χ4v) is 2.54. The fraction of sp³-hybridized carbons (Fsp3) is 0.438. The number of nitrogens with one attached hydrogen (secondary N) is 1. The van der Waals surface area contributed by atoms with E-state index in [1.54, 1.807) is 44.4 Å². The minimum absolute atomic E-state index is 0.210. The van der Waals surface area contributed by atoms with E-state index < -0.39 is 17.9 Å². The van der Waals surface area contributed by atoms with Crippen LogP contribution in [0, 0.1) is 26.7 Å². The Kier molecular flexibility index (Phi) is 4.58. The van der Waals surface area contributed by atoms with Gasteiger partial charge < -0.3 is 14.9 Å². The van der Waals surface area contributed by atoms with Crippen molar-refractivity contribution in [3.63, 3.8) is 0 Å². The summed E-state index contributed by atoms with van der Waals surface area (Å²) in [6.45, 7) is 8.93. The topological polar surface area (TPSA) is 97.4 Å². The second kappa shape index (κ2) is 6.28. The van der Waals surface area contributed by atoms with Crippen LogP contribution in [0.2, 0.25) is 0 Å². The van der Waals surface area contributed by atoms with Gasteiger partial charge in [0.05, 0.1) is 5.56 Å². The number of hydrogen-bond donors (Lipinski definition) is 2. The van der Waals surface area contributed by atoms with Crippen LogP contribution in [0.15, 0.2) is 16.7 Å². The molecule has 0 aliphatic carbocycles. The predicted octanol–water partition coefficient (Wildman–Crippen LogP) is 2.23. The number of rotatable bonds is 5. The Hall–Kier alpha value is -2.57. The van der Waals surface area contributed by atoms with E-state index in [1.807, 2.05) is 6.92 Å². The number of nitrogens with zero attached hydrogens (tertiary/aromatic N) is 2. The van der Waals surface area contributed by atoms with Gasteiger partial charge in [-0.15, -0.1) is 0 Å². The first-order chi connectivity index (χ1) is 10.7. The molecular weight excluding hydrogens is 298 g/mol. The largest absolute Gasteiger partial charge is 0.480 e. The van der Waals surface area contributed by atoms with Gasteiger partial charge in [-0.25, -0.2) is 4.79 Å². The van der Waals surface area contributed by atoms with Crippen LogP contribution in [0.4, 0.5) is 0 Å². The number of carbonyl (C=O) groups excluding carboxylic acids is 1. The number of aryl methyl sites for hydroxylation is 2. The first-order valence-electron chi connectivity index (χ1n) is 7.38. The van der Waals surface area contributed by atoms with E-state index in [0.717, 1.165) is 5.69 Å². The number of carbonyl (C=O) groups is 2. The molecule has 0 saturated heterocycles. The molecule has 0 aliphatic heterocycles. The van der Waals surface area contributed by atoms with Crippen LogP contribution in [0.1, 0.15) is 41.4 Å². The van der Waals surface area contributed by atoms with Gasteiger partial charge in [-0.3, -0.25) is 9.36 Å². The molecule has 1 atom stereocenters. The SMILES string of the molecule is Cc1cc(-n2c(C)cc(C(=O)N[C@@H](C(=O)O)C(C)C)c2C)no1. The maximum atomic E-state index is 12.5. The quantitative estimate of drug-likeness (QED) is 0.880. The van der Waals surface area contributed by atoms with E-state index in [0.29, 0.717) is 22.8 Å². The molecule has 0 spiro atoms. The van der Waals surface area contributed by atoms with Gasteiger partial charge in [0.25, 0.3) is 5.91 Å². The van der Waals surface area contributed by atoms with Crippen LogP contribution in [-0.4, -0.2) is 32.7 Å². The van der Waals surface area contributed by atoms with E-state index in [9.17, 15) is 14.7 Å². The Balaban J connectivity index is 2.34. The summed E-state index contributed by atoms with van der Waals surface area (Å²) in [5.74, 6) is -0.405. The molecule has 0 radical (unpaired) electrons. The number of aliphatic carboxylic acids is 1. The average molecular weight is 319 g/mol. The molecule has 2 aromatic rings. The van der Waals surface area contributed by atoms with Crippen LogP contribution < -0.4 is 5.32 Å². The molecule has 1 amide bonds. The lowest BCUT2D eigenvalue weighted by molar-refractivity contribution is -0.140. The highest BCUT2D eigenvalue weighted by Crippen LogP contribution is 2.21. The van der Waals surface area contributed by atoms with Gasteiger partial charge in [0, 0.05) is 17.5 Å². The number of carboxylic acid groups (broad SMARTS) is 1. The molecule has 7 nitrogen and oxygen atoms in total. The molecule has 0 unspecified atom stereocenters. The summed E-state index contributed by atoms with van der Waals surface area (Å²) in [6, 6.07) is 2.56. The lowest BCUT2D eigenvalue weighted by atomic mass is 10.0. The first-order valence-corrected chi connectivity index (χ1v) is 7.38. The second-order valence-electron chi connectivity index (χ2n) is 5.95. The van der Waals surface area contributed by atoms with Gasteiger partial charge in [0.15, 0.2) is 5.82 Å². The molecule has 0 saturated carbocycles. The third kappa shape index (κ3) is 3.28. The van der Waals surface area contributed by atoms with Crippen LogP contribution in [-0.2, 0) is 4.79 Å². The molecule has 7 heteroatoms. The van der Waals surface area contributed by atoms with Crippen molar-refractivity contribution in [1.29, 1.82) is 0 Å². The first kappa shape index (κ1) is 16.8. The summed E-state index contributed by atoms with van der Waals surface area (Å²) in [5.41, 5.74) is 1.92. The van der Waals surface area contributed by atoms with Crippen LogP contribution >= 0.6 is 0 Å². The van der Waals surface area contributed by atoms with Crippen LogP contribution in [0.25, 0.3) is 5.82 Å². The third-order valence-electron chi connectivity index (χ3n) is 3.74. The van der Waals surface area contributed by atoms with Crippen molar-refractivity contribution in [2.24, 2.45) is 5.92 Å². The molecule has 0 aliphatic rings. The maximum Gasteiger partial charge on any atom is 0.326 e. The van der Waals surface area contributed by atoms with Crippen molar-refractivity contribution in [2.75, 3.05) is 0 Å². The van der Waals surface area contributed by atoms with Crippen molar-refractivity contribution in [3.8, 4) is 5.82 Å². The van der Waals surface area contributed by atoms with E-state index in [-0.39, 0.29) is 5.92 Å². The second-order valence-corrected chi connectivity index (χ2v) is 5.95. The number of hydrogen-bond acceptors (Lipinski definition) is 4. The Morgan fingerprint density at radius 3 is 2.39 bits per heavy atom. The van der Waals surface area contributed by atoms with Gasteiger partial charge >= 0.3 is 5.97 Å². The highest BCUT2D eigenvalue weighted by atomic mass is 16.5. The van der Waals surface area contributed by atoms with E-state index >= 15 is 0 Å². The van der Waals surface area contributed by atoms with Crippen LogP contribution in [0.3, 0.4) is 0 Å². The minimum atomic E-state index is -1.05. The van der Waals surface area contributed by atoms with Gasteiger partial charge in [-0.1, -0.05) is 19.0 Å². The summed E-state index contributed by atoms with van der Waals surface area (Å²) in [7, 11) is 0. The molecule has 23 heavy (non-hydrogen) atoms. The number of amides is 1. The van der Waals surface area contributed by atoms with E-state index in [2.05, 4.69) is 10.5 Å². The summed E-state index contributed by atoms with van der Waals surface area (Å²) >= 11 is 0. The summed E-state index contributed by atoms with van der Waals surface area (Å²) < 4.78 is 6.88. The molecule has 124 valence electrons. The lowest BCUT2D eigenvalue weighted by Crippen LogP contribution is -2.44. The third-order valence-corrected chi connectivity index (χ3v) is 3.74. The Morgan fingerprint density at radius 2 is 1.91 bits per heavy atom. The standard InChI is InChI=1S/C16H21N3O4/c1-8(2)14(16(21)22)17-15(20)12-6-9(3)19(11(12)5)13-7-10(4)23-18-13/h6-8,14H,1-5H3,(H,17,20)(H,21,22)/t14-/m1/s1. The maximum absolute atomic E-state index is 12.5. The summed E-state index contributed by atoms with van der Waals surface area (Å²) in [4.78, 5) is 23.7. The zero-order chi connectivity index (χ0) is 17.3. The zero-order valence-corrected chi connectivity index (χ0v) is 13.9. The smallest absolute Gasteiger partial charge is 0.326 e. The van der Waals surface area contributed by atoms with Crippen molar-refractivity contribution in [3.05, 3.63) is 34.8 Å². The van der Waals surface area contributed by atoms with Gasteiger partial charge in [-0.2, -0.15) is 0 Å². The Bertz CT molecular complexity index is 743. The van der Waals surface area contributed by atoms with Crippen molar-refractivity contribution in [1.82, 2.24) is 15.0 Å². The molecule has 0 fully saturated rings. The normalized spacial score (nSPS) is 12.4. The van der Waals surface area contributed by atoms with Gasteiger partial charge in [0.2, 0.25) is 0 Å². The number of aromatic nitrogens is 2. The van der Waals surface area contributed by atoms with Gasteiger partial charge in [0.1, 0.15) is 11.8 Å². The van der Waals surface area contributed by atoms with Gasteiger partial charge in [-0.05, 0) is 32.8 Å².